The number of hydrogen-bond acceptors (Lipinski definition) is 4. The van der Waals surface area contributed by atoms with E-state index in [0.717, 1.165) is 50.9 Å². The SMILES string of the molecule is CCNC(=NCc1ccc(OC)cc1)NCCCN1CC(C)OC(C)C1. The van der Waals surface area contributed by atoms with Crippen LogP contribution in [0, 0.1) is 0 Å². The second kappa shape index (κ2) is 11.0. The number of morpholine rings is 1. The van der Waals surface area contributed by atoms with E-state index in [4.69, 9.17) is 9.47 Å². The van der Waals surface area contributed by atoms with Gasteiger partial charge in [0.2, 0.25) is 0 Å². The Hall–Kier alpha value is -1.79. The van der Waals surface area contributed by atoms with E-state index < -0.39 is 0 Å². The second-order valence-corrected chi connectivity index (χ2v) is 6.84. The van der Waals surface area contributed by atoms with Crippen molar-refractivity contribution in [2.45, 2.75) is 45.9 Å². The summed E-state index contributed by atoms with van der Waals surface area (Å²) < 4.78 is 11.0. The molecule has 2 N–H and O–H groups in total. The van der Waals surface area contributed by atoms with Gasteiger partial charge in [-0.3, -0.25) is 4.90 Å². The monoisotopic (exact) mass is 362 g/mol. The largest absolute Gasteiger partial charge is 0.497 e. The zero-order chi connectivity index (χ0) is 18.8. The minimum absolute atomic E-state index is 0.329. The molecule has 6 nitrogen and oxygen atoms in total. The smallest absolute Gasteiger partial charge is 0.191 e. The quantitative estimate of drug-likeness (QED) is 0.422. The second-order valence-electron chi connectivity index (χ2n) is 6.84. The standard InChI is InChI=1S/C20H34N4O2/c1-5-21-20(23-13-18-7-9-19(25-4)10-8-18)22-11-6-12-24-14-16(2)26-17(3)15-24/h7-10,16-17H,5-6,11-15H2,1-4H3,(H2,21,22,23). The molecule has 2 unspecified atom stereocenters. The summed E-state index contributed by atoms with van der Waals surface area (Å²) in [6.07, 6.45) is 1.75. The van der Waals surface area contributed by atoms with Crippen LogP contribution in [0.4, 0.5) is 0 Å². The fraction of sp³-hybridized carbons (Fsp3) is 0.650. The summed E-state index contributed by atoms with van der Waals surface area (Å²) in [7, 11) is 1.68. The minimum Gasteiger partial charge on any atom is -0.497 e. The molecule has 0 spiro atoms. The van der Waals surface area contributed by atoms with Crippen LogP contribution < -0.4 is 15.4 Å². The molecular formula is C20H34N4O2. The van der Waals surface area contributed by atoms with Gasteiger partial charge in [-0.25, -0.2) is 4.99 Å². The summed E-state index contributed by atoms with van der Waals surface area (Å²) in [4.78, 5) is 7.16. The third-order valence-electron chi connectivity index (χ3n) is 4.36. The predicted octanol–water partition coefficient (Wildman–Crippen LogP) is 2.25. The van der Waals surface area contributed by atoms with E-state index in [1.807, 2.05) is 24.3 Å². The Bertz CT molecular complexity index is 537. The van der Waals surface area contributed by atoms with Gasteiger partial charge < -0.3 is 20.1 Å². The first-order valence-electron chi connectivity index (χ1n) is 9.63. The fourth-order valence-electron chi connectivity index (χ4n) is 3.22. The van der Waals surface area contributed by atoms with Gasteiger partial charge in [-0.05, 0) is 44.9 Å². The van der Waals surface area contributed by atoms with Crippen LogP contribution in [0.1, 0.15) is 32.8 Å². The van der Waals surface area contributed by atoms with Gasteiger partial charge in [-0.1, -0.05) is 12.1 Å². The zero-order valence-electron chi connectivity index (χ0n) is 16.6. The molecule has 1 aromatic carbocycles. The molecule has 146 valence electrons. The Labute approximate surface area is 158 Å². The van der Waals surface area contributed by atoms with Crippen molar-refractivity contribution in [1.82, 2.24) is 15.5 Å². The molecule has 0 bridgehead atoms. The Morgan fingerprint density at radius 1 is 1.19 bits per heavy atom. The average Bonchev–Trinajstić information content (AvgIpc) is 2.62. The van der Waals surface area contributed by atoms with Crippen molar-refractivity contribution < 1.29 is 9.47 Å². The maximum absolute atomic E-state index is 5.79. The summed E-state index contributed by atoms with van der Waals surface area (Å²) in [5.74, 6) is 1.74. The number of aliphatic imine (C=N–C) groups is 1. The van der Waals surface area contributed by atoms with Gasteiger partial charge in [0.25, 0.3) is 0 Å². The van der Waals surface area contributed by atoms with Gasteiger partial charge in [0, 0.05) is 32.7 Å². The van der Waals surface area contributed by atoms with E-state index in [2.05, 4.69) is 41.3 Å². The molecule has 6 heteroatoms. The molecule has 1 aromatic rings. The molecular weight excluding hydrogens is 328 g/mol. The Kier molecular flexibility index (Phi) is 8.71. The van der Waals surface area contributed by atoms with E-state index in [1.54, 1.807) is 7.11 Å². The highest BCUT2D eigenvalue weighted by atomic mass is 16.5. The maximum atomic E-state index is 5.79. The van der Waals surface area contributed by atoms with E-state index in [9.17, 15) is 0 Å². The molecule has 1 fully saturated rings. The average molecular weight is 363 g/mol. The summed E-state index contributed by atoms with van der Waals surface area (Å²) in [6, 6.07) is 8.03. The predicted molar refractivity (Wildman–Crippen MR) is 107 cm³/mol. The topological polar surface area (TPSA) is 58.1 Å². The lowest BCUT2D eigenvalue weighted by molar-refractivity contribution is -0.0679. The molecule has 2 atom stereocenters. The molecule has 2 rings (SSSR count). The van der Waals surface area contributed by atoms with Crippen LogP contribution in [-0.4, -0.2) is 62.9 Å². The molecule has 26 heavy (non-hydrogen) atoms. The molecule has 1 aliphatic heterocycles. The van der Waals surface area contributed by atoms with Crippen LogP contribution in [0.3, 0.4) is 0 Å². The van der Waals surface area contributed by atoms with Crippen LogP contribution in [0.15, 0.2) is 29.3 Å². The number of guanidine groups is 1. The molecule has 1 heterocycles. The van der Waals surface area contributed by atoms with Crippen molar-refractivity contribution in [2.24, 2.45) is 4.99 Å². The number of rotatable bonds is 8. The normalized spacial score (nSPS) is 21.5. The van der Waals surface area contributed by atoms with Crippen molar-refractivity contribution in [2.75, 3.05) is 39.8 Å². The highest BCUT2D eigenvalue weighted by molar-refractivity contribution is 5.79. The highest BCUT2D eigenvalue weighted by Gasteiger charge is 2.21. The number of methoxy groups -OCH3 is 1. The highest BCUT2D eigenvalue weighted by Crippen LogP contribution is 2.12. The van der Waals surface area contributed by atoms with E-state index in [-0.39, 0.29) is 0 Å². The zero-order valence-corrected chi connectivity index (χ0v) is 16.6. The van der Waals surface area contributed by atoms with E-state index in [1.165, 1.54) is 5.56 Å². The van der Waals surface area contributed by atoms with Crippen LogP contribution in [0.5, 0.6) is 5.75 Å². The lowest BCUT2D eigenvalue weighted by Gasteiger charge is -2.35. The molecule has 1 saturated heterocycles. The third-order valence-corrected chi connectivity index (χ3v) is 4.36. The van der Waals surface area contributed by atoms with Crippen molar-refractivity contribution in [3.8, 4) is 5.75 Å². The first-order valence-corrected chi connectivity index (χ1v) is 9.63. The van der Waals surface area contributed by atoms with Crippen LogP contribution in [0.25, 0.3) is 0 Å². The third kappa shape index (κ3) is 7.22. The molecule has 0 aromatic heterocycles. The van der Waals surface area contributed by atoms with Crippen molar-refractivity contribution in [3.63, 3.8) is 0 Å². The molecule has 0 saturated carbocycles. The summed E-state index contributed by atoms with van der Waals surface area (Å²) in [5.41, 5.74) is 1.17. The Morgan fingerprint density at radius 2 is 1.88 bits per heavy atom. The molecule has 0 amide bonds. The summed E-state index contributed by atoms with van der Waals surface area (Å²) in [5, 5.41) is 6.74. The Morgan fingerprint density at radius 3 is 2.50 bits per heavy atom. The van der Waals surface area contributed by atoms with Crippen molar-refractivity contribution >= 4 is 5.96 Å². The van der Waals surface area contributed by atoms with Crippen LogP contribution in [0.2, 0.25) is 0 Å². The van der Waals surface area contributed by atoms with E-state index in [0.29, 0.717) is 18.8 Å². The minimum atomic E-state index is 0.329. The maximum Gasteiger partial charge on any atom is 0.191 e. The molecule has 0 radical (unpaired) electrons. The van der Waals surface area contributed by atoms with Crippen LogP contribution in [-0.2, 0) is 11.3 Å². The molecule has 0 aliphatic carbocycles. The van der Waals surface area contributed by atoms with Crippen LogP contribution >= 0.6 is 0 Å². The number of benzene rings is 1. The van der Waals surface area contributed by atoms with E-state index >= 15 is 0 Å². The summed E-state index contributed by atoms with van der Waals surface area (Å²) in [6.45, 7) is 11.9. The van der Waals surface area contributed by atoms with Gasteiger partial charge in [0.05, 0.1) is 25.9 Å². The van der Waals surface area contributed by atoms with Gasteiger partial charge in [0.15, 0.2) is 5.96 Å². The number of nitrogens with one attached hydrogen (secondary N) is 2. The van der Waals surface area contributed by atoms with Gasteiger partial charge >= 0.3 is 0 Å². The fourth-order valence-corrected chi connectivity index (χ4v) is 3.22. The van der Waals surface area contributed by atoms with Gasteiger partial charge in [-0.15, -0.1) is 0 Å². The van der Waals surface area contributed by atoms with Gasteiger partial charge in [-0.2, -0.15) is 0 Å². The van der Waals surface area contributed by atoms with Crippen molar-refractivity contribution in [3.05, 3.63) is 29.8 Å². The lowest BCUT2D eigenvalue weighted by Crippen LogP contribution is -2.46. The Balaban J connectivity index is 1.74. The number of nitrogens with zero attached hydrogens (tertiary/aromatic N) is 2. The van der Waals surface area contributed by atoms with Crippen molar-refractivity contribution in [1.29, 1.82) is 0 Å². The first-order chi connectivity index (χ1) is 12.6. The number of hydrogen-bond donors (Lipinski definition) is 2. The lowest BCUT2D eigenvalue weighted by atomic mass is 10.2. The van der Waals surface area contributed by atoms with Gasteiger partial charge in [0.1, 0.15) is 5.75 Å². The number of ether oxygens (including phenoxy) is 2. The first kappa shape index (κ1) is 20.5. The summed E-state index contributed by atoms with van der Waals surface area (Å²) >= 11 is 0. The molecule has 1 aliphatic rings.